The summed E-state index contributed by atoms with van der Waals surface area (Å²) in [6.07, 6.45) is 3.11. The van der Waals surface area contributed by atoms with Crippen molar-refractivity contribution >= 4 is 11.6 Å². The van der Waals surface area contributed by atoms with Gasteiger partial charge in [0.2, 0.25) is 5.91 Å². The number of nitrogens with two attached hydrogens (primary N) is 1. The summed E-state index contributed by atoms with van der Waals surface area (Å²) in [5, 5.41) is 0. The summed E-state index contributed by atoms with van der Waals surface area (Å²) in [5.41, 5.74) is 7.76. The maximum absolute atomic E-state index is 11.7. The van der Waals surface area contributed by atoms with E-state index in [1.54, 1.807) is 4.90 Å². The molecule has 2 N–H and O–H groups in total. The van der Waals surface area contributed by atoms with Crippen LogP contribution in [0.1, 0.15) is 24.8 Å². The number of anilines is 1. The van der Waals surface area contributed by atoms with E-state index in [0.29, 0.717) is 12.5 Å². The van der Waals surface area contributed by atoms with Gasteiger partial charge in [-0.2, -0.15) is 0 Å². The van der Waals surface area contributed by atoms with Gasteiger partial charge in [-0.15, -0.1) is 0 Å². The fraction of sp³-hybridized carbons (Fsp3) is 0.533. The van der Waals surface area contributed by atoms with Gasteiger partial charge in [0.1, 0.15) is 0 Å². The van der Waals surface area contributed by atoms with E-state index in [1.165, 1.54) is 18.4 Å². The van der Waals surface area contributed by atoms with Gasteiger partial charge in [-0.3, -0.25) is 9.69 Å². The Hall–Kier alpha value is -1.55. The molecule has 1 aromatic carbocycles. The van der Waals surface area contributed by atoms with E-state index < -0.39 is 0 Å². The third kappa shape index (κ3) is 4.24. The van der Waals surface area contributed by atoms with Crippen LogP contribution in [0.2, 0.25) is 0 Å². The van der Waals surface area contributed by atoms with Gasteiger partial charge in [-0.05, 0) is 30.5 Å². The Balaban J connectivity index is 1.89. The molecule has 1 saturated carbocycles. The van der Waals surface area contributed by atoms with Crippen LogP contribution in [-0.2, 0) is 11.3 Å². The summed E-state index contributed by atoms with van der Waals surface area (Å²) in [7, 11) is 3.62. The van der Waals surface area contributed by atoms with Crippen molar-refractivity contribution in [3.05, 3.63) is 29.8 Å². The van der Waals surface area contributed by atoms with Crippen molar-refractivity contribution in [2.24, 2.45) is 0 Å². The van der Waals surface area contributed by atoms with Gasteiger partial charge in [0.25, 0.3) is 0 Å². The normalized spacial score (nSPS) is 14.7. The molecule has 1 aliphatic rings. The second-order valence-electron chi connectivity index (χ2n) is 5.48. The van der Waals surface area contributed by atoms with E-state index in [0.717, 1.165) is 18.8 Å². The highest BCUT2D eigenvalue weighted by atomic mass is 16.2. The zero-order chi connectivity index (χ0) is 13.8. The van der Waals surface area contributed by atoms with Crippen molar-refractivity contribution in [3.8, 4) is 0 Å². The Labute approximate surface area is 115 Å². The molecule has 1 aromatic rings. The van der Waals surface area contributed by atoms with Gasteiger partial charge in [0.15, 0.2) is 0 Å². The zero-order valence-corrected chi connectivity index (χ0v) is 11.8. The minimum Gasteiger partial charge on any atom is -0.399 e. The molecule has 0 unspecified atom stereocenters. The second-order valence-corrected chi connectivity index (χ2v) is 5.48. The summed E-state index contributed by atoms with van der Waals surface area (Å²) in [4.78, 5) is 15.7. The Morgan fingerprint density at radius 2 is 1.89 bits per heavy atom. The highest BCUT2D eigenvalue weighted by molar-refractivity contribution is 5.75. The van der Waals surface area contributed by atoms with E-state index in [-0.39, 0.29) is 5.91 Å². The number of carbonyl (C=O) groups is 1. The van der Waals surface area contributed by atoms with Crippen LogP contribution in [0.15, 0.2) is 24.3 Å². The number of hydrogen-bond donors (Lipinski definition) is 1. The molecular weight excluding hydrogens is 238 g/mol. The maximum Gasteiger partial charge on any atom is 0.223 e. The van der Waals surface area contributed by atoms with E-state index in [9.17, 15) is 4.79 Å². The van der Waals surface area contributed by atoms with Crippen LogP contribution in [0.25, 0.3) is 0 Å². The molecular formula is C15H23N3O. The van der Waals surface area contributed by atoms with Crippen LogP contribution in [-0.4, -0.2) is 42.4 Å². The maximum atomic E-state index is 11.7. The molecule has 19 heavy (non-hydrogen) atoms. The van der Waals surface area contributed by atoms with Crippen molar-refractivity contribution in [1.29, 1.82) is 0 Å². The first kappa shape index (κ1) is 13.9. The number of benzene rings is 1. The molecule has 0 spiro atoms. The Morgan fingerprint density at radius 1 is 1.26 bits per heavy atom. The first-order valence-electron chi connectivity index (χ1n) is 6.85. The Bertz CT molecular complexity index is 424. The molecule has 1 amide bonds. The fourth-order valence-electron chi connectivity index (χ4n) is 2.15. The second kappa shape index (κ2) is 6.06. The average molecular weight is 261 g/mol. The lowest BCUT2D eigenvalue weighted by atomic mass is 10.2. The van der Waals surface area contributed by atoms with E-state index >= 15 is 0 Å². The first-order valence-corrected chi connectivity index (χ1v) is 6.85. The smallest absolute Gasteiger partial charge is 0.223 e. The summed E-state index contributed by atoms with van der Waals surface area (Å²) in [6, 6.07) is 8.67. The molecule has 4 nitrogen and oxygen atoms in total. The van der Waals surface area contributed by atoms with Crippen molar-refractivity contribution in [2.75, 3.05) is 26.4 Å². The van der Waals surface area contributed by atoms with E-state index in [2.05, 4.69) is 17.0 Å². The predicted octanol–water partition coefficient (Wildman–Crippen LogP) is 1.71. The van der Waals surface area contributed by atoms with Crippen LogP contribution >= 0.6 is 0 Å². The molecule has 0 heterocycles. The number of rotatable bonds is 6. The first-order chi connectivity index (χ1) is 9.06. The summed E-state index contributed by atoms with van der Waals surface area (Å²) in [6.45, 7) is 1.75. The lowest BCUT2D eigenvalue weighted by Gasteiger charge is -2.22. The lowest BCUT2D eigenvalue weighted by molar-refractivity contribution is -0.129. The standard InChI is InChI=1S/C15H23N3O/c1-17(2)15(19)9-10-18(14-7-8-14)11-12-3-5-13(16)6-4-12/h3-6,14H,7-11,16H2,1-2H3. The highest BCUT2D eigenvalue weighted by Crippen LogP contribution is 2.28. The molecule has 0 radical (unpaired) electrons. The Kier molecular flexibility index (Phi) is 4.43. The summed E-state index contributed by atoms with van der Waals surface area (Å²) in [5.74, 6) is 0.197. The van der Waals surface area contributed by atoms with Crippen molar-refractivity contribution in [3.63, 3.8) is 0 Å². The molecule has 1 aliphatic carbocycles. The van der Waals surface area contributed by atoms with Crippen molar-refractivity contribution < 1.29 is 4.79 Å². The molecule has 0 aliphatic heterocycles. The molecule has 0 saturated heterocycles. The topological polar surface area (TPSA) is 49.6 Å². The van der Waals surface area contributed by atoms with Gasteiger partial charge in [-0.1, -0.05) is 12.1 Å². The van der Waals surface area contributed by atoms with Crippen molar-refractivity contribution in [2.45, 2.75) is 31.8 Å². The molecule has 0 atom stereocenters. The third-order valence-corrected chi connectivity index (χ3v) is 3.54. The lowest BCUT2D eigenvalue weighted by Crippen LogP contribution is -2.31. The number of carbonyl (C=O) groups excluding carboxylic acids is 1. The monoisotopic (exact) mass is 261 g/mol. The third-order valence-electron chi connectivity index (χ3n) is 3.54. The number of nitrogens with zero attached hydrogens (tertiary/aromatic N) is 2. The largest absolute Gasteiger partial charge is 0.399 e. The zero-order valence-electron chi connectivity index (χ0n) is 11.8. The minimum atomic E-state index is 0.197. The van der Waals surface area contributed by atoms with Gasteiger partial charge < -0.3 is 10.6 Å². The van der Waals surface area contributed by atoms with Crippen LogP contribution < -0.4 is 5.73 Å². The van der Waals surface area contributed by atoms with Gasteiger partial charge in [-0.25, -0.2) is 0 Å². The number of nitrogen functional groups attached to an aromatic ring is 1. The van der Waals surface area contributed by atoms with Gasteiger partial charge >= 0.3 is 0 Å². The SMILES string of the molecule is CN(C)C(=O)CCN(Cc1ccc(N)cc1)C1CC1. The quantitative estimate of drug-likeness (QED) is 0.793. The molecule has 0 bridgehead atoms. The molecule has 4 heteroatoms. The summed E-state index contributed by atoms with van der Waals surface area (Å²) < 4.78 is 0. The van der Waals surface area contributed by atoms with Gasteiger partial charge in [0, 0.05) is 45.3 Å². The van der Waals surface area contributed by atoms with E-state index in [1.807, 2.05) is 26.2 Å². The summed E-state index contributed by atoms with van der Waals surface area (Å²) >= 11 is 0. The van der Waals surface area contributed by atoms with Crippen LogP contribution in [0, 0.1) is 0 Å². The molecule has 1 fully saturated rings. The number of hydrogen-bond acceptors (Lipinski definition) is 3. The van der Waals surface area contributed by atoms with Gasteiger partial charge in [0.05, 0.1) is 0 Å². The fourth-order valence-corrected chi connectivity index (χ4v) is 2.15. The van der Waals surface area contributed by atoms with Crippen molar-refractivity contribution in [1.82, 2.24) is 9.80 Å². The van der Waals surface area contributed by atoms with Crippen LogP contribution in [0.3, 0.4) is 0 Å². The number of amides is 1. The molecule has 0 aromatic heterocycles. The predicted molar refractivity (Wildman–Crippen MR) is 77.6 cm³/mol. The van der Waals surface area contributed by atoms with E-state index in [4.69, 9.17) is 5.73 Å². The van der Waals surface area contributed by atoms with Crippen LogP contribution in [0.5, 0.6) is 0 Å². The molecule has 104 valence electrons. The highest BCUT2D eigenvalue weighted by Gasteiger charge is 2.29. The minimum absolute atomic E-state index is 0.197. The van der Waals surface area contributed by atoms with Crippen LogP contribution in [0.4, 0.5) is 5.69 Å². The Morgan fingerprint density at radius 3 is 2.42 bits per heavy atom. The molecule has 2 rings (SSSR count). The average Bonchev–Trinajstić information content (AvgIpc) is 3.20.